The van der Waals surface area contributed by atoms with Crippen molar-refractivity contribution in [3.63, 3.8) is 0 Å². The number of carbonyl (C=O) groups excluding carboxylic acids is 1. The second kappa shape index (κ2) is 6.91. The summed E-state index contributed by atoms with van der Waals surface area (Å²) in [6.45, 7) is 0.390. The van der Waals surface area contributed by atoms with Gasteiger partial charge in [-0.1, -0.05) is 12.1 Å². The summed E-state index contributed by atoms with van der Waals surface area (Å²) in [5.41, 5.74) is 7.10. The molecule has 3 aromatic rings. The first kappa shape index (κ1) is 16.3. The van der Waals surface area contributed by atoms with Crippen LogP contribution < -0.4 is 16.4 Å². The normalized spacial score (nSPS) is 10.4. The van der Waals surface area contributed by atoms with E-state index in [2.05, 4.69) is 20.8 Å². The number of phenols is 1. The first-order valence-corrected chi connectivity index (χ1v) is 7.45. The Kier molecular flexibility index (Phi) is 4.51. The number of rotatable bonds is 6. The van der Waals surface area contributed by atoms with Gasteiger partial charge in [0.1, 0.15) is 22.9 Å². The summed E-state index contributed by atoms with van der Waals surface area (Å²) in [6, 6.07) is 12.3. The van der Waals surface area contributed by atoms with Crippen LogP contribution >= 0.6 is 0 Å². The van der Waals surface area contributed by atoms with Crippen LogP contribution in [0.15, 0.2) is 48.5 Å². The topological polar surface area (TPSA) is 116 Å². The van der Waals surface area contributed by atoms with Crippen LogP contribution in [0.3, 0.4) is 0 Å². The number of halogens is 1. The number of primary amides is 1. The maximum atomic E-state index is 13.0. The first-order chi connectivity index (χ1) is 12.0. The van der Waals surface area contributed by atoms with E-state index in [1.54, 1.807) is 24.3 Å². The Morgan fingerprint density at radius 3 is 2.48 bits per heavy atom. The number of aromatic amines is 1. The molecule has 0 saturated carbocycles. The second-order valence-electron chi connectivity index (χ2n) is 5.34. The van der Waals surface area contributed by atoms with E-state index in [-0.39, 0.29) is 17.1 Å². The van der Waals surface area contributed by atoms with E-state index >= 15 is 0 Å². The lowest BCUT2D eigenvalue weighted by Crippen LogP contribution is -2.15. The van der Waals surface area contributed by atoms with Crippen molar-refractivity contribution in [3.05, 3.63) is 65.5 Å². The minimum atomic E-state index is -0.661. The van der Waals surface area contributed by atoms with Crippen LogP contribution in [0.1, 0.15) is 15.9 Å². The number of aromatic nitrogens is 2. The molecule has 1 heterocycles. The summed E-state index contributed by atoms with van der Waals surface area (Å²) in [4.78, 5) is 11.8. The SMILES string of the molecule is NC(=O)c1c(NCc2ccc(O)cc2)n[nH]c1Nc1ccc(F)cc1. The van der Waals surface area contributed by atoms with Crippen molar-refractivity contribution in [1.82, 2.24) is 10.2 Å². The summed E-state index contributed by atoms with van der Waals surface area (Å²) >= 11 is 0. The van der Waals surface area contributed by atoms with Crippen molar-refractivity contribution in [1.29, 1.82) is 0 Å². The van der Waals surface area contributed by atoms with Gasteiger partial charge >= 0.3 is 0 Å². The number of H-pyrrole nitrogens is 1. The molecule has 0 aliphatic heterocycles. The highest BCUT2D eigenvalue weighted by Crippen LogP contribution is 2.25. The Morgan fingerprint density at radius 1 is 1.16 bits per heavy atom. The lowest BCUT2D eigenvalue weighted by atomic mass is 10.2. The molecule has 0 fully saturated rings. The number of anilines is 3. The molecule has 2 aromatic carbocycles. The fourth-order valence-electron chi connectivity index (χ4n) is 2.28. The average molecular weight is 341 g/mol. The molecule has 0 radical (unpaired) electrons. The molecule has 0 unspecified atom stereocenters. The fourth-order valence-corrected chi connectivity index (χ4v) is 2.28. The predicted octanol–water partition coefficient (Wildman–Crippen LogP) is 2.71. The summed E-state index contributed by atoms with van der Waals surface area (Å²) < 4.78 is 13.0. The van der Waals surface area contributed by atoms with Gasteiger partial charge < -0.3 is 21.5 Å². The molecule has 0 spiro atoms. The highest BCUT2D eigenvalue weighted by molar-refractivity contribution is 6.03. The molecule has 25 heavy (non-hydrogen) atoms. The maximum Gasteiger partial charge on any atom is 0.256 e. The van der Waals surface area contributed by atoms with Crippen LogP contribution in [0.2, 0.25) is 0 Å². The van der Waals surface area contributed by atoms with Crippen molar-refractivity contribution in [2.75, 3.05) is 10.6 Å². The number of nitrogens with two attached hydrogens (primary N) is 1. The number of hydrogen-bond donors (Lipinski definition) is 5. The van der Waals surface area contributed by atoms with Gasteiger partial charge in [-0.2, -0.15) is 5.10 Å². The van der Waals surface area contributed by atoms with E-state index in [9.17, 15) is 14.3 Å². The molecule has 6 N–H and O–H groups in total. The molecule has 1 amide bonds. The number of benzene rings is 2. The number of amides is 1. The smallest absolute Gasteiger partial charge is 0.256 e. The third-order valence-electron chi connectivity index (χ3n) is 3.52. The van der Waals surface area contributed by atoms with Gasteiger partial charge in [-0.05, 0) is 42.0 Å². The van der Waals surface area contributed by atoms with Crippen LogP contribution in [0, 0.1) is 5.82 Å². The Bertz CT molecular complexity index is 875. The Morgan fingerprint density at radius 2 is 1.84 bits per heavy atom. The molecule has 0 aliphatic rings. The lowest BCUT2D eigenvalue weighted by molar-refractivity contribution is 0.100. The van der Waals surface area contributed by atoms with Crippen LogP contribution in [-0.4, -0.2) is 21.2 Å². The minimum absolute atomic E-state index is 0.170. The van der Waals surface area contributed by atoms with Gasteiger partial charge in [-0.15, -0.1) is 0 Å². The van der Waals surface area contributed by atoms with Crippen LogP contribution in [0.4, 0.5) is 21.7 Å². The summed E-state index contributed by atoms with van der Waals surface area (Å²) in [5, 5.41) is 22.0. The zero-order valence-corrected chi connectivity index (χ0v) is 13.1. The van der Waals surface area contributed by atoms with Gasteiger partial charge in [0.2, 0.25) is 0 Å². The highest BCUT2D eigenvalue weighted by Gasteiger charge is 2.18. The predicted molar refractivity (Wildman–Crippen MR) is 92.2 cm³/mol. The number of carbonyl (C=O) groups is 1. The third-order valence-corrected chi connectivity index (χ3v) is 3.52. The molecule has 8 heteroatoms. The zero-order valence-electron chi connectivity index (χ0n) is 13.1. The molecule has 0 atom stereocenters. The largest absolute Gasteiger partial charge is 0.508 e. The monoisotopic (exact) mass is 341 g/mol. The highest BCUT2D eigenvalue weighted by atomic mass is 19.1. The van der Waals surface area contributed by atoms with Crippen molar-refractivity contribution in [3.8, 4) is 5.75 Å². The number of aromatic hydroxyl groups is 1. The van der Waals surface area contributed by atoms with Gasteiger partial charge in [0.25, 0.3) is 5.91 Å². The molecule has 0 saturated heterocycles. The fraction of sp³-hybridized carbons (Fsp3) is 0.0588. The minimum Gasteiger partial charge on any atom is -0.508 e. The zero-order chi connectivity index (χ0) is 17.8. The van der Waals surface area contributed by atoms with Crippen LogP contribution in [0.25, 0.3) is 0 Å². The van der Waals surface area contributed by atoms with E-state index in [1.807, 2.05) is 0 Å². The average Bonchev–Trinajstić information content (AvgIpc) is 2.99. The number of phenolic OH excluding ortho intramolecular Hbond substituents is 1. The van der Waals surface area contributed by atoms with Crippen LogP contribution in [-0.2, 0) is 6.54 Å². The Hall–Kier alpha value is -3.55. The Balaban J connectivity index is 1.78. The van der Waals surface area contributed by atoms with Crippen molar-refractivity contribution in [2.24, 2.45) is 5.73 Å². The van der Waals surface area contributed by atoms with E-state index < -0.39 is 5.91 Å². The van der Waals surface area contributed by atoms with E-state index in [1.165, 1.54) is 24.3 Å². The Labute approximate surface area is 142 Å². The molecular weight excluding hydrogens is 325 g/mol. The summed E-state index contributed by atoms with van der Waals surface area (Å²) in [5.74, 6) is -0.238. The standard InChI is InChI=1S/C17H16FN5O2/c18-11-3-5-12(6-4-11)21-17-14(15(19)25)16(22-23-17)20-9-10-1-7-13(24)8-2-10/h1-8,24H,9H2,(H2,19,25)(H3,20,21,22,23). The second-order valence-corrected chi connectivity index (χ2v) is 5.34. The molecule has 7 nitrogen and oxygen atoms in total. The van der Waals surface area contributed by atoms with Crippen molar-refractivity contribution in [2.45, 2.75) is 6.54 Å². The maximum absolute atomic E-state index is 13.0. The number of hydrogen-bond acceptors (Lipinski definition) is 5. The molecular formula is C17H16FN5O2. The van der Waals surface area contributed by atoms with Gasteiger partial charge in [0.05, 0.1) is 0 Å². The lowest BCUT2D eigenvalue weighted by Gasteiger charge is -2.07. The van der Waals surface area contributed by atoms with Crippen LogP contribution in [0.5, 0.6) is 5.75 Å². The van der Waals surface area contributed by atoms with Gasteiger partial charge in [-0.3, -0.25) is 9.89 Å². The quantitative estimate of drug-likeness (QED) is 0.473. The van der Waals surface area contributed by atoms with E-state index in [4.69, 9.17) is 5.73 Å². The van der Waals surface area contributed by atoms with E-state index in [0.29, 0.717) is 23.9 Å². The van der Waals surface area contributed by atoms with E-state index in [0.717, 1.165) is 5.56 Å². The molecule has 128 valence electrons. The third kappa shape index (κ3) is 3.86. The molecule has 3 rings (SSSR count). The number of nitrogens with one attached hydrogen (secondary N) is 3. The molecule has 1 aromatic heterocycles. The van der Waals surface area contributed by atoms with Gasteiger partial charge in [0.15, 0.2) is 5.82 Å². The first-order valence-electron chi connectivity index (χ1n) is 7.45. The number of nitrogens with zero attached hydrogens (tertiary/aromatic N) is 1. The van der Waals surface area contributed by atoms with Crippen molar-refractivity contribution < 1.29 is 14.3 Å². The van der Waals surface area contributed by atoms with Crippen molar-refractivity contribution >= 4 is 23.2 Å². The molecule has 0 aliphatic carbocycles. The summed E-state index contributed by atoms with van der Waals surface area (Å²) in [6.07, 6.45) is 0. The van der Waals surface area contributed by atoms with Gasteiger partial charge in [-0.25, -0.2) is 4.39 Å². The summed E-state index contributed by atoms with van der Waals surface area (Å²) in [7, 11) is 0. The molecule has 0 bridgehead atoms. The van der Waals surface area contributed by atoms with Gasteiger partial charge in [0, 0.05) is 12.2 Å².